The van der Waals surface area contributed by atoms with Crippen LogP contribution in [0.3, 0.4) is 0 Å². The zero-order valence-electron chi connectivity index (χ0n) is 22.3. The van der Waals surface area contributed by atoms with Crippen molar-refractivity contribution in [1.82, 2.24) is 24.7 Å². The molecule has 6 rings (SSSR count). The molecule has 2 amide bonds. The van der Waals surface area contributed by atoms with Crippen LogP contribution < -0.4 is 20.5 Å². The van der Waals surface area contributed by atoms with Crippen molar-refractivity contribution in [2.24, 2.45) is 11.1 Å². The van der Waals surface area contributed by atoms with Gasteiger partial charge in [-0.05, 0) is 69.9 Å². The third-order valence-corrected chi connectivity index (χ3v) is 7.96. The van der Waals surface area contributed by atoms with Crippen molar-refractivity contribution in [1.29, 1.82) is 0 Å². The van der Waals surface area contributed by atoms with E-state index in [1.54, 1.807) is 24.6 Å². The van der Waals surface area contributed by atoms with Gasteiger partial charge in [0.05, 0.1) is 34.8 Å². The lowest BCUT2D eigenvalue weighted by Gasteiger charge is -2.57. The molecule has 0 unspecified atom stereocenters. The molecular formula is C27H32F2N6O5. The molecule has 3 aliphatic carbocycles. The Balaban J connectivity index is 1.07. The predicted octanol–water partition coefficient (Wildman–Crippen LogP) is 3.17. The van der Waals surface area contributed by atoms with Gasteiger partial charge in [-0.2, -0.15) is 23.7 Å². The highest BCUT2D eigenvalue weighted by molar-refractivity contribution is 6.01. The summed E-state index contributed by atoms with van der Waals surface area (Å²) in [4.78, 5) is 24.8. The van der Waals surface area contributed by atoms with Gasteiger partial charge < -0.3 is 25.6 Å². The van der Waals surface area contributed by atoms with E-state index in [0.717, 1.165) is 37.6 Å². The van der Waals surface area contributed by atoms with Crippen LogP contribution in [0.4, 0.5) is 8.78 Å². The fourth-order valence-corrected chi connectivity index (χ4v) is 5.94. The van der Waals surface area contributed by atoms with Crippen molar-refractivity contribution in [2.75, 3.05) is 6.61 Å². The number of aromatic nitrogens is 4. The van der Waals surface area contributed by atoms with Crippen LogP contribution in [-0.4, -0.2) is 60.7 Å². The summed E-state index contributed by atoms with van der Waals surface area (Å²) < 4.78 is 40.3. The Bertz CT molecular complexity index is 1460. The van der Waals surface area contributed by atoms with Gasteiger partial charge in [0.2, 0.25) is 5.88 Å². The highest BCUT2D eigenvalue weighted by Crippen LogP contribution is 2.57. The molecule has 0 atom stereocenters. The minimum absolute atomic E-state index is 0.0199. The first-order valence-electron chi connectivity index (χ1n) is 13.4. The van der Waals surface area contributed by atoms with Gasteiger partial charge in [-0.3, -0.25) is 9.59 Å². The molecule has 11 nitrogen and oxygen atoms in total. The topological polar surface area (TPSA) is 146 Å². The lowest BCUT2D eigenvalue weighted by atomic mass is 9.53. The van der Waals surface area contributed by atoms with Gasteiger partial charge in [0.15, 0.2) is 0 Å². The summed E-state index contributed by atoms with van der Waals surface area (Å²) in [5.41, 5.74) is 6.19. The van der Waals surface area contributed by atoms with Crippen molar-refractivity contribution < 1.29 is 33.0 Å². The summed E-state index contributed by atoms with van der Waals surface area (Å²) in [5.74, 6) is -0.429. The number of halogens is 2. The van der Waals surface area contributed by atoms with E-state index in [0.29, 0.717) is 40.3 Å². The zero-order chi connectivity index (χ0) is 28.4. The standard InChI is InChI=1S/C27H32F2N6O5/c1-26(2,38)13-39-20-6-5-19-17(11-31-34(19)21(20)14-3-4-14)23(37)33-15-7-27(8-15)9-16(10-27)40-24-18(22(30)36)12-32-35(24)25(28)29/h5-6,11-12,14-16,25,38H,3-4,7-10,13H2,1-2H3,(H2,30,36)(H,33,37). The Hall–Kier alpha value is -3.74. The highest BCUT2D eigenvalue weighted by Gasteiger charge is 2.54. The lowest BCUT2D eigenvalue weighted by molar-refractivity contribution is -0.0893. The van der Waals surface area contributed by atoms with Crippen molar-refractivity contribution in [2.45, 2.75) is 82.6 Å². The van der Waals surface area contributed by atoms with Crippen LogP contribution in [0, 0.1) is 5.41 Å². The number of rotatable bonds is 10. The molecule has 3 aromatic heterocycles. The van der Waals surface area contributed by atoms with Gasteiger partial charge in [0.1, 0.15) is 24.0 Å². The molecule has 4 N–H and O–H groups in total. The SMILES string of the molecule is CC(C)(O)COc1ccc2c(C(=O)NC3CC4(C3)CC(Oc3c(C(N)=O)cnn3C(F)F)C4)cnn2c1C1CC1. The fraction of sp³-hybridized carbons (Fsp3) is 0.556. The molecular weight excluding hydrogens is 526 g/mol. The Morgan fingerprint density at radius 3 is 2.50 bits per heavy atom. The monoisotopic (exact) mass is 558 g/mol. The van der Waals surface area contributed by atoms with E-state index in [2.05, 4.69) is 15.5 Å². The molecule has 3 heterocycles. The van der Waals surface area contributed by atoms with Gasteiger partial charge in [-0.25, -0.2) is 4.52 Å². The van der Waals surface area contributed by atoms with E-state index in [4.69, 9.17) is 15.2 Å². The minimum Gasteiger partial charge on any atom is -0.489 e. The van der Waals surface area contributed by atoms with Crippen molar-refractivity contribution in [3.63, 3.8) is 0 Å². The molecule has 3 saturated carbocycles. The number of hydrogen-bond acceptors (Lipinski definition) is 7. The number of carbonyl (C=O) groups excluding carboxylic acids is 2. The number of amides is 2. The molecule has 214 valence electrons. The van der Waals surface area contributed by atoms with Crippen molar-refractivity contribution in [3.05, 3.63) is 41.3 Å². The van der Waals surface area contributed by atoms with Crippen LogP contribution in [0.5, 0.6) is 11.6 Å². The largest absolute Gasteiger partial charge is 0.489 e. The van der Waals surface area contributed by atoms with E-state index < -0.39 is 18.1 Å². The average Bonchev–Trinajstić information content (AvgIpc) is 3.42. The molecule has 13 heteroatoms. The summed E-state index contributed by atoms with van der Waals surface area (Å²) in [6.07, 6.45) is 7.00. The molecule has 0 aliphatic heterocycles. The molecule has 0 radical (unpaired) electrons. The van der Waals surface area contributed by atoms with Gasteiger partial charge in [0, 0.05) is 12.0 Å². The Labute approximate surface area is 228 Å². The minimum atomic E-state index is -2.95. The number of pyridine rings is 1. The summed E-state index contributed by atoms with van der Waals surface area (Å²) in [6.45, 7) is 0.559. The van der Waals surface area contributed by atoms with Gasteiger partial charge in [-0.1, -0.05) is 0 Å². The van der Waals surface area contributed by atoms with Crippen LogP contribution in [0.15, 0.2) is 24.5 Å². The maximum atomic E-state index is 13.3. The summed E-state index contributed by atoms with van der Waals surface area (Å²) in [6, 6.07) is 3.63. The smallest absolute Gasteiger partial charge is 0.336 e. The Kier molecular flexibility index (Phi) is 6.24. The van der Waals surface area contributed by atoms with E-state index in [1.807, 2.05) is 12.1 Å². The van der Waals surface area contributed by atoms with Crippen molar-refractivity contribution in [3.8, 4) is 11.6 Å². The first-order chi connectivity index (χ1) is 18.9. The normalized spacial score (nSPS) is 24.1. The molecule has 3 fully saturated rings. The number of ether oxygens (including phenoxy) is 2. The molecule has 1 spiro atoms. The second-order valence-corrected chi connectivity index (χ2v) is 12.0. The van der Waals surface area contributed by atoms with Gasteiger partial charge in [-0.15, -0.1) is 0 Å². The zero-order valence-corrected chi connectivity index (χ0v) is 22.3. The molecule has 0 bridgehead atoms. The van der Waals surface area contributed by atoms with Gasteiger partial charge in [0.25, 0.3) is 11.8 Å². The second-order valence-electron chi connectivity index (χ2n) is 12.0. The second kappa shape index (κ2) is 9.43. The lowest BCUT2D eigenvalue weighted by Crippen LogP contribution is -2.58. The van der Waals surface area contributed by atoms with E-state index >= 15 is 0 Å². The third kappa shape index (κ3) is 4.87. The average molecular weight is 559 g/mol. The Morgan fingerprint density at radius 2 is 1.88 bits per heavy atom. The van der Waals surface area contributed by atoms with Crippen molar-refractivity contribution >= 4 is 17.3 Å². The molecule has 0 aromatic carbocycles. The van der Waals surface area contributed by atoms with Crippen LogP contribution in [0.2, 0.25) is 0 Å². The molecule has 40 heavy (non-hydrogen) atoms. The van der Waals surface area contributed by atoms with E-state index in [-0.39, 0.29) is 41.5 Å². The number of primary amides is 1. The van der Waals surface area contributed by atoms with Gasteiger partial charge >= 0.3 is 6.55 Å². The highest BCUT2D eigenvalue weighted by atomic mass is 19.3. The molecule has 3 aromatic rings. The number of hydrogen-bond donors (Lipinski definition) is 3. The maximum Gasteiger partial charge on any atom is 0.336 e. The van der Waals surface area contributed by atoms with E-state index in [1.165, 1.54) is 0 Å². The molecule has 0 saturated heterocycles. The summed E-state index contributed by atoms with van der Waals surface area (Å²) in [7, 11) is 0. The number of carbonyl (C=O) groups is 2. The molecule has 3 aliphatic rings. The first kappa shape index (κ1) is 26.5. The van der Waals surface area contributed by atoms with Crippen LogP contribution in [-0.2, 0) is 0 Å². The van der Waals surface area contributed by atoms with E-state index in [9.17, 15) is 23.5 Å². The van der Waals surface area contributed by atoms with Crippen LogP contribution in [0.25, 0.3) is 5.52 Å². The number of nitrogens with zero attached hydrogens (tertiary/aromatic N) is 4. The fourth-order valence-electron chi connectivity index (χ4n) is 5.94. The third-order valence-electron chi connectivity index (χ3n) is 7.96. The number of fused-ring (bicyclic) bond motifs is 1. The first-order valence-corrected chi connectivity index (χ1v) is 13.4. The Morgan fingerprint density at radius 1 is 1.18 bits per heavy atom. The summed E-state index contributed by atoms with van der Waals surface area (Å²) in [5, 5.41) is 21.2. The number of alkyl halides is 2. The number of aliphatic hydroxyl groups is 1. The van der Waals surface area contributed by atoms with Crippen LogP contribution >= 0.6 is 0 Å². The quantitative estimate of drug-likeness (QED) is 0.346. The maximum absolute atomic E-state index is 13.3. The predicted molar refractivity (Wildman–Crippen MR) is 138 cm³/mol. The van der Waals surface area contributed by atoms with Crippen LogP contribution in [0.1, 0.15) is 91.2 Å². The summed E-state index contributed by atoms with van der Waals surface area (Å²) >= 11 is 0. The number of nitrogens with two attached hydrogens (primary N) is 1. The number of nitrogens with one attached hydrogen (secondary N) is 1.